The highest BCUT2D eigenvalue weighted by molar-refractivity contribution is 5.96. The molecule has 0 aliphatic rings. The second-order valence-corrected chi connectivity index (χ2v) is 6.72. The molecule has 0 aliphatic heterocycles. The maximum absolute atomic E-state index is 12.4. The summed E-state index contributed by atoms with van der Waals surface area (Å²) in [6.45, 7) is 10.1. The summed E-state index contributed by atoms with van der Waals surface area (Å²) in [5.41, 5.74) is 3.31. The Bertz CT molecular complexity index is 814. The fourth-order valence-electron chi connectivity index (χ4n) is 2.81. The molecule has 144 valence electrons. The number of nitrogens with one attached hydrogen (secondary N) is 1. The lowest BCUT2D eigenvalue weighted by Gasteiger charge is -2.17. The largest absolute Gasteiger partial charge is 0.481 e. The summed E-state index contributed by atoms with van der Waals surface area (Å²) in [5.74, 6) is 0.381. The molecule has 0 fully saturated rings. The van der Waals surface area contributed by atoms with Crippen LogP contribution in [0.3, 0.4) is 0 Å². The lowest BCUT2D eigenvalue weighted by Crippen LogP contribution is -2.30. The monoisotopic (exact) mass is 369 g/mol. The number of hydrogen-bond donors (Lipinski definition) is 1. The highest BCUT2D eigenvalue weighted by Crippen LogP contribution is 2.24. The van der Waals surface area contributed by atoms with Crippen LogP contribution < -0.4 is 10.1 Å². The van der Waals surface area contributed by atoms with Crippen molar-refractivity contribution in [2.45, 2.75) is 46.6 Å². The first-order valence-corrected chi connectivity index (χ1v) is 9.17. The summed E-state index contributed by atoms with van der Waals surface area (Å²) in [5, 5.41) is 2.77. The third kappa shape index (κ3) is 5.58. The maximum atomic E-state index is 12.4. The summed E-state index contributed by atoms with van der Waals surface area (Å²) < 4.78 is 10.8. The molecule has 0 heterocycles. The van der Waals surface area contributed by atoms with Crippen LogP contribution in [0.15, 0.2) is 42.5 Å². The quantitative estimate of drug-likeness (QED) is 0.719. The predicted octanol–water partition coefficient (Wildman–Crippen LogP) is 4.70. The molecular formula is C22H27NO4. The Morgan fingerprint density at radius 1 is 1.07 bits per heavy atom. The van der Waals surface area contributed by atoms with Crippen molar-refractivity contribution in [1.82, 2.24) is 0 Å². The van der Waals surface area contributed by atoms with E-state index in [1.807, 2.05) is 25.1 Å². The van der Waals surface area contributed by atoms with Crippen LogP contribution in [0.25, 0.3) is 0 Å². The SMILES string of the molecule is CCOC(=O)c1cccc(NC(=O)C(C)Oc2ccc(C(C)C)c(C)c2)c1. The van der Waals surface area contributed by atoms with Gasteiger partial charge in [0.15, 0.2) is 6.10 Å². The van der Waals surface area contributed by atoms with Gasteiger partial charge in [-0.15, -0.1) is 0 Å². The Morgan fingerprint density at radius 3 is 2.44 bits per heavy atom. The number of ether oxygens (including phenoxy) is 2. The van der Waals surface area contributed by atoms with Crippen molar-refractivity contribution in [2.75, 3.05) is 11.9 Å². The molecule has 0 bridgehead atoms. The van der Waals surface area contributed by atoms with E-state index in [4.69, 9.17) is 9.47 Å². The van der Waals surface area contributed by atoms with Gasteiger partial charge in [0.2, 0.25) is 0 Å². The molecule has 0 saturated carbocycles. The lowest BCUT2D eigenvalue weighted by molar-refractivity contribution is -0.122. The van der Waals surface area contributed by atoms with Crippen molar-refractivity contribution in [1.29, 1.82) is 0 Å². The molecule has 0 saturated heterocycles. The smallest absolute Gasteiger partial charge is 0.338 e. The molecule has 2 aromatic carbocycles. The summed E-state index contributed by atoms with van der Waals surface area (Å²) >= 11 is 0. The van der Waals surface area contributed by atoms with Crippen molar-refractivity contribution in [2.24, 2.45) is 0 Å². The van der Waals surface area contributed by atoms with Gasteiger partial charge in [-0.2, -0.15) is 0 Å². The first-order chi connectivity index (χ1) is 12.8. The molecule has 5 nitrogen and oxygen atoms in total. The Kier molecular flexibility index (Phi) is 6.99. The van der Waals surface area contributed by atoms with E-state index in [1.54, 1.807) is 38.1 Å². The molecule has 0 spiro atoms. The Hall–Kier alpha value is -2.82. The van der Waals surface area contributed by atoms with Gasteiger partial charge in [-0.3, -0.25) is 4.79 Å². The van der Waals surface area contributed by atoms with Crippen LogP contribution in [-0.4, -0.2) is 24.6 Å². The predicted molar refractivity (Wildman–Crippen MR) is 106 cm³/mol. The van der Waals surface area contributed by atoms with Crippen molar-refractivity contribution < 1.29 is 19.1 Å². The Morgan fingerprint density at radius 2 is 1.81 bits per heavy atom. The molecule has 1 N–H and O–H groups in total. The minimum atomic E-state index is -0.680. The van der Waals surface area contributed by atoms with E-state index < -0.39 is 12.1 Å². The number of rotatable bonds is 7. The number of carbonyl (C=O) groups is 2. The number of carbonyl (C=O) groups excluding carboxylic acids is 2. The van der Waals surface area contributed by atoms with Gasteiger partial charge in [-0.1, -0.05) is 26.0 Å². The first-order valence-electron chi connectivity index (χ1n) is 9.17. The van der Waals surface area contributed by atoms with Crippen LogP contribution in [0, 0.1) is 6.92 Å². The standard InChI is InChI=1S/C22H27NO4/c1-6-26-22(25)17-8-7-9-18(13-17)23-21(24)16(5)27-19-10-11-20(14(2)3)15(4)12-19/h7-14,16H,6H2,1-5H3,(H,23,24). The topological polar surface area (TPSA) is 64.6 Å². The van der Waals surface area contributed by atoms with E-state index in [-0.39, 0.29) is 5.91 Å². The number of anilines is 1. The molecule has 2 aromatic rings. The molecule has 1 unspecified atom stereocenters. The number of amides is 1. The zero-order valence-electron chi connectivity index (χ0n) is 16.5. The molecule has 27 heavy (non-hydrogen) atoms. The van der Waals surface area contributed by atoms with Crippen LogP contribution >= 0.6 is 0 Å². The van der Waals surface area contributed by atoms with Gasteiger partial charge in [-0.05, 0) is 68.1 Å². The van der Waals surface area contributed by atoms with E-state index in [1.165, 1.54) is 5.56 Å². The van der Waals surface area contributed by atoms with Gasteiger partial charge in [0.05, 0.1) is 12.2 Å². The summed E-state index contributed by atoms with van der Waals surface area (Å²) in [7, 11) is 0. The molecular weight excluding hydrogens is 342 g/mol. The number of hydrogen-bond acceptors (Lipinski definition) is 4. The summed E-state index contributed by atoms with van der Waals surface area (Å²) in [6, 6.07) is 12.5. The van der Waals surface area contributed by atoms with Crippen molar-refractivity contribution in [3.05, 3.63) is 59.2 Å². The zero-order chi connectivity index (χ0) is 20.0. The van der Waals surface area contributed by atoms with Gasteiger partial charge in [0.25, 0.3) is 5.91 Å². The third-order valence-electron chi connectivity index (χ3n) is 4.19. The fourth-order valence-corrected chi connectivity index (χ4v) is 2.81. The zero-order valence-corrected chi connectivity index (χ0v) is 16.5. The molecule has 0 aromatic heterocycles. The number of benzene rings is 2. The van der Waals surface area contributed by atoms with Gasteiger partial charge in [0, 0.05) is 5.69 Å². The fraction of sp³-hybridized carbons (Fsp3) is 0.364. The second kappa shape index (κ2) is 9.21. The van der Waals surface area contributed by atoms with Crippen molar-refractivity contribution in [3.8, 4) is 5.75 Å². The van der Waals surface area contributed by atoms with Gasteiger partial charge < -0.3 is 14.8 Å². The van der Waals surface area contributed by atoms with E-state index in [9.17, 15) is 9.59 Å². The highest BCUT2D eigenvalue weighted by Gasteiger charge is 2.16. The minimum Gasteiger partial charge on any atom is -0.481 e. The number of aryl methyl sites for hydroxylation is 1. The van der Waals surface area contributed by atoms with Crippen LogP contribution in [0.1, 0.15) is 55.1 Å². The molecule has 1 amide bonds. The van der Waals surface area contributed by atoms with Gasteiger partial charge in [-0.25, -0.2) is 4.79 Å². The lowest BCUT2D eigenvalue weighted by atomic mass is 9.98. The van der Waals surface area contributed by atoms with E-state index in [0.29, 0.717) is 29.5 Å². The molecule has 0 radical (unpaired) electrons. The van der Waals surface area contributed by atoms with Crippen molar-refractivity contribution in [3.63, 3.8) is 0 Å². The molecule has 5 heteroatoms. The molecule has 0 aliphatic carbocycles. The first kappa shape index (κ1) is 20.5. The van der Waals surface area contributed by atoms with Crippen LogP contribution in [0.5, 0.6) is 5.75 Å². The van der Waals surface area contributed by atoms with E-state index >= 15 is 0 Å². The van der Waals surface area contributed by atoms with Gasteiger partial charge >= 0.3 is 5.97 Å². The summed E-state index contributed by atoms with van der Waals surface area (Å²) in [6.07, 6.45) is -0.680. The van der Waals surface area contributed by atoms with E-state index in [2.05, 4.69) is 19.2 Å². The average molecular weight is 369 g/mol. The summed E-state index contributed by atoms with van der Waals surface area (Å²) in [4.78, 5) is 24.2. The van der Waals surface area contributed by atoms with Crippen LogP contribution in [-0.2, 0) is 9.53 Å². The van der Waals surface area contributed by atoms with Crippen molar-refractivity contribution >= 4 is 17.6 Å². The average Bonchev–Trinajstić information content (AvgIpc) is 2.61. The Labute approximate surface area is 160 Å². The van der Waals surface area contributed by atoms with Crippen LogP contribution in [0.2, 0.25) is 0 Å². The minimum absolute atomic E-state index is 0.290. The molecule has 2 rings (SSSR count). The maximum Gasteiger partial charge on any atom is 0.338 e. The normalized spacial score (nSPS) is 11.8. The second-order valence-electron chi connectivity index (χ2n) is 6.72. The highest BCUT2D eigenvalue weighted by atomic mass is 16.5. The number of esters is 1. The third-order valence-corrected chi connectivity index (χ3v) is 4.19. The van der Waals surface area contributed by atoms with Crippen LogP contribution in [0.4, 0.5) is 5.69 Å². The molecule has 1 atom stereocenters. The van der Waals surface area contributed by atoms with Gasteiger partial charge in [0.1, 0.15) is 5.75 Å². The Balaban J connectivity index is 2.03. The van der Waals surface area contributed by atoms with E-state index in [0.717, 1.165) is 5.56 Å².